The zero-order chi connectivity index (χ0) is 19.9. The van der Waals surface area contributed by atoms with Crippen LogP contribution in [0.3, 0.4) is 0 Å². The smallest absolute Gasteiger partial charge is 0.0743 e. The van der Waals surface area contributed by atoms with E-state index in [4.69, 9.17) is 0 Å². The lowest BCUT2D eigenvalue weighted by Gasteiger charge is -2.55. The normalized spacial score (nSPS) is 45.6. The van der Waals surface area contributed by atoms with E-state index in [2.05, 4.69) is 45.9 Å². The maximum absolute atomic E-state index is 12.2. The largest absolute Gasteiger partial charge is 0.389 e. The second-order valence-corrected chi connectivity index (χ2v) is 11.7. The summed E-state index contributed by atoms with van der Waals surface area (Å²) in [5, 5.41) is 12.2. The third kappa shape index (κ3) is 3.66. The van der Waals surface area contributed by atoms with Crippen LogP contribution in [0.25, 0.3) is 0 Å². The number of allylic oxidation sites excluding steroid dienone is 3. The van der Waals surface area contributed by atoms with E-state index in [1.54, 1.807) is 0 Å². The first-order valence-electron chi connectivity index (χ1n) is 12.4. The fourth-order valence-corrected chi connectivity index (χ4v) is 8.00. The molecule has 7 atom stereocenters. The monoisotopic (exact) mass is 384 g/mol. The molecule has 0 aromatic carbocycles. The second-order valence-electron chi connectivity index (χ2n) is 11.7. The minimum absolute atomic E-state index is 0.352. The quantitative estimate of drug-likeness (QED) is 0.527. The number of rotatable bonds is 5. The molecule has 1 heteroatoms. The summed E-state index contributed by atoms with van der Waals surface area (Å²) < 4.78 is 0. The van der Waals surface area contributed by atoms with Gasteiger partial charge in [0.05, 0.1) is 5.60 Å². The van der Waals surface area contributed by atoms with Crippen LogP contribution in [-0.4, -0.2) is 10.7 Å². The summed E-state index contributed by atoms with van der Waals surface area (Å²) >= 11 is 0. The average molecular weight is 385 g/mol. The van der Waals surface area contributed by atoms with Crippen molar-refractivity contribution >= 4 is 0 Å². The molecule has 0 amide bonds. The lowest BCUT2D eigenvalue weighted by molar-refractivity contribution is -0.151. The second kappa shape index (κ2) is 7.93. The van der Waals surface area contributed by atoms with E-state index in [-0.39, 0.29) is 0 Å². The van der Waals surface area contributed by atoms with Crippen LogP contribution < -0.4 is 0 Å². The van der Waals surface area contributed by atoms with E-state index in [9.17, 15) is 5.11 Å². The Kier molecular flexibility index (Phi) is 5.87. The molecule has 158 valence electrons. The molecule has 4 aliphatic rings. The van der Waals surface area contributed by atoms with Gasteiger partial charge in [0.2, 0.25) is 0 Å². The van der Waals surface area contributed by atoms with Crippen molar-refractivity contribution < 1.29 is 5.11 Å². The Morgan fingerprint density at radius 3 is 2.75 bits per heavy atom. The highest BCUT2D eigenvalue weighted by molar-refractivity contribution is 5.26. The van der Waals surface area contributed by atoms with Crippen LogP contribution in [0, 0.1) is 40.9 Å². The molecule has 4 aliphatic carbocycles. The lowest BCUT2D eigenvalue weighted by Crippen LogP contribution is -2.55. The molecular weight excluding hydrogens is 340 g/mol. The molecule has 2 unspecified atom stereocenters. The highest BCUT2D eigenvalue weighted by Gasteiger charge is 2.60. The highest BCUT2D eigenvalue weighted by Crippen LogP contribution is 2.64. The maximum atomic E-state index is 12.2. The van der Waals surface area contributed by atoms with Crippen molar-refractivity contribution in [3.8, 4) is 0 Å². The van der Waals surface area contributed by atoms with E-state index in [0.29, 0.717) is 17.3 Å². The summed E-state index contributed by atoms with van der Waals surface area (Å²) in [4.78, 5) is 0. The van der Waals surface area contributed by atoms with Crippen molar-refractivity contribution in [2.24, 2.45) is 40.9 Å². The topological polar surface area (TPSA) is 20.2 Å². The molecule has 0 heterocycles. The Bertz CT molecular complexity index is 616. The van der Waals surface area contributed by atoms with Crippen molar-refractivity contribution in [3.05, 3.63) is 23.8 Å². The Morgan fingerprint density at radius 1 is 1.14 bits per heavy atom. The van der Waals surface area contributed by atoms with E-state index >= 15 is 0 Å². The predicted octanol–water partition coefficient (Wildman–Crippen LogP) is 7.31. The van der Waals surface area contributed by atoms with Crippen LogP contribution in [-0.2, 0) is 0 Å². The third-order valence-corrected chi connectivity index (χ3v) is 9.51. The van der Waals surface area contributed by atoms with E-state index in [1.165, 1.54) is 69.8 Å². The van der Waals surface area contributed by atoms with Gasteiger partial charge in [0.15, 0.2) is 0 Å². The van der Waals surface area contributed by atoms with Crippen LogP contribution in [0.1, 0.15) is 98.3 Å². The molecule has 0 radical (unpaired) electrons. The Balaban J connectivity index is 1.53. The van der Waals surface area contributed by atoms with Gasteiger partial charge in [0, 0.05) is 0 Å². The minimum atomic E-state index is -0.450. The van der Waals surface area contributed by atoms with Gasteiger partial charge in [-0.3, -0.25) is 0 Å². The van der Waals surface area contributed by atoms with Gasteiger partial charge in [-0.05, 0) is 92.3 Å². The summed E-state index contributed by atoms with van der Waals surface area (Å²) in [6, 6.07) is 0. The van der Waals surface area contributed by atoms with Gasteiger partial charge < -0.3 is 5.11 Å². The third-order valence-electron chi connectivity index (χ3n) is 9.51. The van der Waals surface area contributed by atoms with Gasteiger partial charge in [-0.2, -0.15) is 0 Å². The first-order valence-corrected chi connectivity index (χ1v) is 12.4. The molecule has 2 fully saturated rings. The van der Waals surface area contributed by atoms with Crippen molar-refractivity contribution in [1.82, 2.24) is 0 Å². The van der Waals surface area contributed by atoms with Crippen molar-refractivity contribution in [1.29, 1.82) is 0 Å². The molecule has 1 nitrogen and oxygen atoms in total. The van der Waals surface area contributed by atoms with Gasteiger partial charge in [0.25, 0.3) is 0 Å². The Morgan fingerprint density at radius 2 is 1.96 bits per heavy atom. The molecule has 1 N–H and O–H groups in total. The van der Waals surface area contributed by atoms with Gasteiger partial charge >= 0.3 is 0 Å². The first-order chi connectivity index (χ1) is 13.3. The zero-order valence-corrected chi connectivity index (χ0v) is 18.9. The average Bonchev–Trinajstić information content (AvgIpc) is 3.00. The van der Waals surface area contributed by atoms with Gasteiger partial charge in [-0.15, -0.1) is 0 Å². The van der Waals surface area contributed by atoms with Crippen molar-refractivity contribution in [2.45, 2.75) is 104 Å². The highest BCUT2D eigenvalue weighted by atomic mass is 16.3. The minimum Gasteiger partial charge on any atom is -0.389 e. The lowest BCUT2D eigenvalue weighted by atomic mass is 9.52. The Hall–Kier alpha value is -0.560. The number of hydrogen-bond acceptors (Lipinski definition) is 1. The van der Waals surface area contributed by atoms with E-state index < -0.39 is 5.60 Å². The summed E-state index contributed by atoms with van der Waals surface area (Å²) in [5.74, 6) is 4.25. The number of hydrogen-bond donors (Lipinski definition) is 1. The van der Waals surface area contributed by atoms with Crippen molar-refractivity contribution in [2.75, 3.05) is 0 Å². The summed E-state index contributed by atoms with van der Waals surface area (Å²) in [6.07, 6.45) is 21.1. The molecule has 0 aromatic rings. The molecule has 0 spiro atoms. The standard InChI is InChI=1S/C27H44O/c1-19(2)7-5-8-20(3)24-11-12-25-26(24,4)15-14-23-18-22-10-6-9-21(17-22)13-16-27(23,25)28/h6,9,13,19-20,22-25,28H,5,7-8,10-12,14-18H2,1-4H3/b21-13-/t20-,22?,23+,24-,25?,26-,27+/m1/s1. The predicted molar refractivity (Wildman–Crippen MR) is 119 cm³/mol. The van der Waals surface area contributed by atoms with Crippen LogP contribution in [0.4, 0.5) is 0 Å². The van der Waals surface area contributed by atoms with E-state index in [0.717, 1.165) is 30.1 Å². The molecule has 28 heavy (non-hydrogen) atoms. The van der Waals surface area contributed by atoms with E-state index in [1.807, 2.05) is 0 Å². The molecule has 2 bridgehead atoms. The summed E-state index contributed by atoms with van der Waals surface area (Å²) in [5.41, 5.74) is 1.40. The molecule has 2 saturated carbocycles. The van der Waals surface area contributed by atoms with Gasteiger partial charge in [-0.25, -0.2) is 0 Å². The fraction of sp³-hybridized carbons (Fsp3) is 0.852. The first kappa shape index (κ1) is 20.7. The number of fused-ring (bicyclic) bond motifs is 5. The molecular formula is C27H44O. The molecule has 0 saturated heterocycles. The van der Waals surface area contributed by atoms with Gasteiger partial charge in [-0.1, -0.05) is 70.8 Å². The zero-order valence-electron chi connectivity index (χ0n) is 18.9. The SMILES string of the molecule is CC(C)CCC[C@@H](C)[C@H]1CCC2[C@]1(C)CC[C@H]1CC3CC=C/C(=C/C[C@@]21O)C3. The number of aliphatic hydroxyl groups is 1. The fourth-order valence-electron chi connectivity index (χ4n) is 8.00. The van der Waals surface area contributed by atoms with Crippen LogP contribution in [0.5, 0.6) is 0 Å². The van der Waals surface area contributed by atoms with Crippen LogP contribution >= 0.6 is 0 Å². The van der Waals surface area contributed by atoms with Gasteiger partial charge in [0.1, 0.15) is 0 Å². The Labute approximate surface area is 174 Å². The summed E-state index contributed by atoms with van der Waals surface area (Å²) in [7, 11) is 0. The molecule has 0 aliphatic heterocycles. The van der Waals surface area contributed by atoms with Crippen LogP contribution in [0.2, 0.25) is 0 Å². The molecule has 0 aromatic heterocycles. The summed E-state index contributed by atoms with van der Waals surface area (Å²) in [6.45, 7) is 9.78. The van der Waals surface area contributed by atoms with Crippen molar-refractivity contribution in [3.63, 3.8) is 0 Å². The maximum Gasteiger partial charge on any atom is 0.0743 e. The van der Waals surface area contributed by atoms with Crippen LogP contribution in [0.15, 0.2) is 23.8 Å². The molecule has 4 rings (SSSR count).